The Bertz CT molecular complexity index is 335. The molecular formula is C9H20N2O4S. The van der Waals surface area contributed by atoms with Gasteiger partial charge < -0.3 is 15.3 Å². The molecule has 7 heteroatoms. The van der Waals surface area contributed by atoms with Gasteiger partial charge in [0.25, 0.3) is 0 Å². The van der Waals surface area contributed by atoms with Crippen LogP contribution in [0.25, 0.3) is 0 Å². The van der Waals surface area contributed by atoms with Crippen molar-refractivity contribution in [2.45, 2.75) is 12.5 Å². The maximum absolute atomic E-state index is 11.2. The molecule has 0 fully saturated rings. The highest BCUT2D eigenvalue weighted by Crippen LogP contribution is 2.02. The van der Waals surface area contributed by atoms with Crippen LogP contribution in [0.15, 0.2) is 0 Å². The van der Waals surface area contributed by atoms with E-state index in [0.29, 0.717) is 6.54 Å². The Kier molecular flexibility index (Phi) is 5.37. The van der Waals surface area contributed by atoms with Gasteiger partial charge in [0.2, 0.25) is 5.91 Å². The first kappa shape index (κ1) is 15.3. The fourth-order valence-corrected chi connectivity index (χ4v) is 1.89. The van der Waals surface area contributed by atoms with Crippen LogP contribution < -0.4 is 5.32 Å². The Morgan fingerprint density at radius 1 is 1.44 bits per heavy atom. The average molecular weight is 252 g/mol. The molecule has 0 rings (SSSR count). The monoisotopic (exact) mass is 252 g/mol. The van der Waals surface area contributed by atoms with Gasteiger partial charge >= 0.3 is 0 Å². The van der Waals surface area contributed by atoms with E-state index in [1.165, 1.54) is 0 Å². The first-order chi connectivity index (χ1) is 7.02. The summed E-state index contributed by atoms with van der Waals surface area (Å²) in [5.41, 5.74) is -1.07. The van der Waals surface area contributed by atoms with Gasteiger partial charge in [-0.05, 0) is 21.0 Å². The van der Waals surface area contributed by atoms with Gasteiger partial charge in [-0.3, -0.25) is 4.79 Å². The molecule has 0 aromatic rings. The largest absolute Gasteiger partial charge is 0.387 e. The van der Waals surface area contributed by atoms with Crippen molar-refractivity contribution in [3.63, 3.8) is 0 Å². The van der Waals surface area contributed by atoms with Crippen LogP contribution in [0.2, 0.25) is 0 Å². The van der Waals surface area contributed by atoms with Gasteiger partial charge in [-0.2, -0.15) is 0 Å². The van der Waals surface area contributed by atoms with Gasteiger partial charge in [0, 0.05) is 19.3 Å². The maximum Gasteiger partial charge on any atom is 0.235 e. The zero-order chi connectivity index (χ0) is 13.0. The molecule has 2 N–H and O–H groups in total. The van der Waals surface area contributed by atoms with Crippen molar-refractivity contribution < 1.29 is 18.3 Å². The lowest BCUT2D eigenvalue weighted by atomic mass is 10.1. The van der Waals surface area contributed by atoms with Gasteiger partial charge in [0.15, 0.2) is 9.84 Å². The quantitative estimate of drug-likeness (QED) is 0.598. The van der Waals surface area contributed by atoms with Crippen LogP contribution in [-0.4, -0.2) is 69.1 Å². The zero-order valence-electron chi connectivity index (χ0n) is 10.1. The third-order valence-electron chi connectivity index (χ3n) is 1.72. The molecule has 6 nitrogen and oxygen atoms in total. The number of amides is 1. The Morgan fingerprint density at radius 2 is 1.94 bits per heavy atom. The minimum absolute atomic E-state index is 0.0273. The van der Waals surface area contributed by atoms with Crippen molar-refractivity contribution in [2.75, 3.05) is 39.2 Å². The predicted octanol–water partition coefficient (Wildman–Crippen LogP) is -1.54. The summed E-state index contributed by atoms with van der Waals surface area (Å²) in [4.78, 5) is 13.0. The summed E-state index contributed by atoms with van der Waals surface area (Å²) in [6, 6.07) is 0. The molecule has 0 aromatic carbocycles. The molecular weight excluding hydrogens is 232 g/mol. The summed E-state index contributed by atoms with van der Waals surface area (Å²) in [5, 5.41) is 12.2. The number of nitrogens with one attached hydrogen (secondary N) is 1. The number of hydrogen-bond acceptors (Lipinski definition) is 5. The number of hydrogen-bond donors (Lipinski definition) is 2. The van der Waals surface area contributed by atoms with Crippen LogP contribution in [-0.2, 0) is 14.6 Å². The van der Waals surface area contributed by atoms with Gasteiger partial charge in [-0.1, -0.05) is 0 Å². The first-order valence-corrected chi connectivity index (χ1v) is 6.89. The van der Waals surface area contributed by atoms with Crippen LogP contribution in [0.3, 0.4) is 0 Å². The van der Waals surface area contributed by atoms with E-state index in [9.17, 15) is 18.3 Å². The number of nitrogens with zero attached hydrogens (tertiary/aromatic N) is 1. The van der Waals surface area contributed by atoms with Crippen LogP contribution in [0, 0.1) is 0 Å². The van der Waals surface area contributed by atoms with Crippen LogP contribution in [0.1, 0.15) is 6.92 Å². The predicted molar refractivity (Wildman–Crippen MR) is 61.9 cm³/mol. The van der Waals surface area contributed by atoms with E-state index in [2.05, 4.69) is 5.32 Å². The average Bonchev–Trinajstić information content (AvgIpc) is 1.95. The van der Waals surface area contributed by atoms with Crippen molar-refractivity contribution in [3.8, 4) is 0 Å². The summed E-state index contributed by atoms with van der Waals surface area (Å²) in [6.07, 6.45) is 0.991. The molecule has 0 aliphatic carbocycles. The van der Waals surface area contributed by atoms with E-state index in [1.54, 1.807) is 25.9 Å². The Hall–Kier alpha value is -0.660. The molecule has 1 atom stereocenters. The van der Waals surface area contributed by atoms with Gasteiger partial charge in [0.1, 0.15) is 5.75 Å². The molecule has 1 amide bonds. The van der Waals surface area contributed by atoms with Crippen molar-refractivity contribution in [1.82, 2.24) is 10.2 Å². The summed E-state index contributed by atoms with van der Waals surface area (Å²) in [7, 11) is 0.279. The molecule has 0 spiro atoms. The number of rotatable bonds is 6. The van der Waals surface area contributed by atoms with Crippen LogP contribution in [0.5, 0.6) is 0 Å². The van der Waals surface area contributed by atoms with E-state index < -0.39 is 27.1 Å². The lowest BCUT2D eigenvalue weighted by molar-refractivity contribution is -0.119. The van der Waals surface area contributed by atoms with Gasteiger partial charge in [-0.25, -0.2) is 8.42 Å². The molecule has 16 heavy (non-hydrogen) atoms. The van der Waals surface area contributed by atoms with E-state index in [1.807, 2.05) is 0 Å². The number of likely N-dealkylation sites (N-methyl/N-ethyl adjacent to an activating group) is 1. The second-order valence-corrected chi connectivity index (χ2v) is 6.72. The lowest BCUT2D eigenvalue weighted by Gasteiger charge is -2.26. The molecule has 0 aliphatic heterocycles. The fraction of sp³-hybridized carbons (Fsp3) is 0.889. The maximum atomic E-state index is 11.2. The molecule has 0 saturated carbocycles. The van der Waals surface area contributed by atoms with E-state index in [4.69, 9.17) is 0 Å². The standard InChI is InChI=1S/C9H20N2O4S/c1-9(13,7-11(2)3)6-10-8(12)5-16(4,14)15/h13H,5-7H2,1-4H3,(H,10,12). The van der Waals surface area contributed by atoms with Crippen molar-refractivity contribution in [2.24, 2.45) is 0 Å². The Balaban J connectivity index is 4.10. The highest BCUT2D eigenvalue weighted by Gasteiger charge is 2.22. The number of aliphatic hydroxyl groups is 1. The fourth-order valence-electron chi connectivity index (χ4n) is 1.32. The third kappa shape index (κ3) is 8.63. The molecule has 1 unspecified atom stereocenters. The molecule has 0 radical (unpaired) electrons. The van der Waals surface area contributed by atoms with Gasteiger partial charge in [-0.15, -0.1) is 0 Å². The molecule has 0 heterocycles. The van der Waals surface area contributed by atoms with Gasteiger partial charge in [0.05, 0.1) is 5.60 Å². The Labute approximate surface area is 96.5 Å². The summed E-state index contributed by atoms with van der Waals surface area (Å²) in [5.74, 6) is -1.15. The molecule has 0 bridgehead atoms. The zero-order valence-corrected chi connectivity index (χ0v) is 11.0. The third-order valence-corrected chi connectivity index (χ3v) is 2.50. The molecule has 0 saturated heterocycles. The number of sulfone groups is 1. The second kappa shape index (κ2) is 5.60. The normalized spacial score (nSPS) is 15.9. The minimum Gasteiger partial charge on any atom is -0.387 e. The topological polar surface area (TPSA) is 86.7 Å². The van der Waals surface area contributed by atoms with Crippen LogP contribution in [0.4, 0.5) is 0 Å². The SMILES string of the molecule is CN(C)CC(C)(O)CNC(=O)CS(C)(=O)=O. The van der Waals surface area contributed by atoms with E-state index in [0.717, 1.165) is 6.26 Å². The van der Waals surface area contributed by atoms with E-state index >= 15 is 0 Å². The smallest absolute Gasteiger partial charge is 0.235 e. The van der Waals surface area contributed by atoms with Crippen molar-refractivity contribution in [1.29, 1.82) is 0 Å². The minimum atomic E-state index is -3.32. The van der Waals surface area contributed by atoms with Crippen molar-refractivity contribution in [3.05, 3.63) is 0 Å². The lowest BCUT2D eigenvalue weighted by Crippen LogP contribution is -2.48. The summed E-state index contributed by atoms with van der Waals surface area (Å²) in [6.45, 7) is 1.99. The molecule has 0 aromatic heterocycles. The molecule has 0 aliphatic rings. The highest BCUT2D eigenvalue weighted by atomic mass is 32.2. The van der Waals surface area contributed by atoms with E-state index in [-0.39, 0.29) is 6.54 Å². The highest BCUT2D eigenvalue weighted by molar-refractivity contribution is 7.91. The Morgan fingerprint density at radius 3 is 2.31 bits per heavy atom. The van der Waals surface area contributed by atoms with Crippen LogP contribution >= 0.6 is 0 Å². The summed E-state index contributed by atoms with van der Waals surface area (Å²) >= 11 is 0. The summed E-state index contributed by atoms with van der Waals surface area (Å²) < 4.78 is 21.6. The first-order valence-electron chi connectivity index (χ1n) is 4.83. The number of carbonyl (C=O) groups is 1. The molecule has 96 valence electrons. The second-order valence-electron chi connectivity index (χ2n) is 4.58. The number of carbonyl (C=O) groups excluding carboxylic acids is 1. The van der Waals surface area contributed by atoms with Crippen molar-refractivity contribution >= 4 is 15.7 Å².